The van der Waals surface area contributed by atoms with Gasteiger partial charge in [-0.1, -0.05) is 17.6 Å². The molecular weight excluding hydrogens is 378 g/mol. The summed E-state index contributed by atoms with van der Waals surface area (Å²) >= 11 is 0. The Morgan fingerprint density at radius 1 is 1.30 bits per heavy atom. The van der Waals surface area contributed by atoms with Crippen molar-refractivity contribution in [2.24, 2.45) is 11.8 Å². The second-order valence-electron chi connectivity index (χ2n) is 9.22. The zero-order chi connectivity index (χ0) is 20.5. The van der Waals surface area contributed by atoms with Crippen LogP contribution in [0.1, 0.15) is 47.5 Å². The lowest BCUT2D eigenvalue weighted by molar-refractivity contribution is -0.0718. The van der Waals surface area contributed by atoms with Gasteiger partial charge in [-0.25, -0.2) is 0 Å². The van der Waals surface area contributed by atoms with Gasteiger partial charge in [0.2, 0.25) is 5.76 Å². The minimum absolute atomic E-state index is 0.158. The van der Waals surface area contributed by atoms with Crippen molar-refractivity contribution < 1.29 is 9.32 Å². The lowest BCUT2D eigenvalue weighted by Gasteiger charge is -2.57. The van der Waals surface area contributed by atoms with Gasteiger partial charge >= 0.3 is 0 Å². The molecule has 1 N–H and O–H groups in total. The first-order valence-electron chi connectivity index (χ1n) is 11.3. The molecule has 0 aromatic carbocycles. The van der Waals surface area contributed by atoms with Crippen LogP contribution >= 0.6 is 0 Å². The molecule has 0 aliphatic carbocycles. The molecule has 3 fully saturated rings. The molecule has 5 heterocycles. The van der Waals surface area contributed by atoms with E-state index in [1.807, 2.05) is 25.4 Å². The summed E-state index contributed by atoms with van der Waals surface area (Å²) in [6.45, 7) is 6.87. The molecule has 7 heteroatoms. The highest BCUT2D eigenvalue weighted by atomic mass is 16.5. The van der Waals surface area contributed by atoms with Crippen LogP contribution < -0.4 is 5.32 Å². The highest BCUT2D eigenvalue weighted by Gasteiger charge is 2.47. The fourth-order valence-corrected chi connectivity index (χ4v) is 5.92. The van der Waals surface area contributed by atoms with Crippen LogP contribution in [0.5, 0.6) is 0 Å². The first-order chi connectivity index (χ1) is 14.7. The molecule has 3 aliphatic heterocycles. The molecule has 2 bridgehead atoms. The van der Waals surface area contributed by atoms with Crippen molar-refractivity contribution in [3.05, 3.63) is 47.6 Å². The summed E-state index contributed by atoms with van der Waals surface area (Å²) < 4.78 is 5.15. The topological polar surface area (TPSA) is 74.5 Å². The van der Waals surface area contributed by atoms with Gasteiger partial charge in [0.15, 0.2) is 0 Å². The Morgan fingerprint density at radius 2 is 2.20 bits per heavy atom. The van der Waals surface area contributed by atoms with Crippen molar-refractivity contribution in [3.8, 4) is 0 Å². The summed E-state index contributed by atoms with van der Waals surface area (Å²) in [4.78, 5) is 22.2. The van der Waals surface area contributed by atoms with E-state index in [2.05, 4.69) is 31.3 Å². The number of aryl methyl sites for hydroxylation is 1. The van der Waals surface area contributed by atoms with E-state index in [0.717, 1.165) is 31.2 Å². The van der Waals surface area contributed by atoms with Crippen LogP contribution in [-0.4, -0.2) is 64.1 Å². The predicted octanol–water partition coefficient (Wildman–Crippen LogP) is 2.48. The third-order valence-electron chi connectivity index (χ3n) is 7.15. The molecule has 0 saturated carbocycles. The zero-order valence-electron chi connectivity index (χ0n) is 17.7. The number of hydrogen-bond acceptors (Lipinski definition) is 6. The number of pyridine rings is 1. The molecule has 0 radical (unpaired) electrons. The van der Waals surface area contributed by atoms with E-state index in [9.17, 15) is 4.79 Å². The normalized spacial score (nSPS) is 29.4. The minimum Gasteiger partial charge on any atom is -0.351 e. The van der Waals surface area contributed by atoms with Crippen molar-refractivity contribution in [1.29, 1.82) is 0 Å². The van der Waals surface area contributed by atoms with Gasteiger partial charge in [0.25, 0.3) is 5.91 Å². The van der Waals surface area contributed by atoms with Crippen molar-refractivity contribution in [3.63, 3.8) is 0 Å². The SMILES string of the molecule is Cc1cc(C(=O)NC[C@H]2[C@H]3C[C@H](CN(Cc4cccnc4)C3)[C@@H]3CCCCN32)on1. The van der Waals surface area contributed by atoms with Gasteiger partial charge < -0.3 is 9.84 Å². The molecule has 0 unspecified atom stereocenters. The zero-order valence-corrected chi connectivity index (χ0v) is 17.7. The number of carbonyl (C=O) groups excluding carboxylic acids is 1. The van der Waals surface area contributed by atoms with E-state index in [4.69, 9.17) is 4.52 Å². The van der Waals surface area contributed by atoms with Crippen LogP contribution in [0.4, 0.5) is 0 Å². The van der Waals surface area contributed by atoms with E-state index in [1.54, 1.807) is 6.07 Å². The molecular formula is C23H31N5O2. The number of hydrogen-bond donors (Lipinski definition) is 1. The number of aromatic nitrogens is 2. The van der Waals surface area contributed by atoms with Gasteiger partial charge in [0, 0.05) is 56.7 Å². The van der Waals surface area contributed by atoms with Crippen molar-refractivity contribution >= 4 is 5.91 Å². The summed E-state index contributed by atoms with van der Waals surface area (Å²) in [5.41, 5.74) is 2.01. The fourth-order valence-electron chi connectivity index (χ4n) is 5.92. The summed E-state index contributed by atoms with van der Waals surface area (Å²) in [5.74, 6) is 1.45. The first kappa shape index (κ1) is 19.7. The summed E-state index contributed by atoms with van der Waals surface area (Å²) in [6.07, 6.45) is 8.95. The van der Waals surface area contributed by atoms with Gasteiger partial charge in [0.1, 0.15) is 0 Å². The molecule has 160 valence electrons. The Morgan fingerprint density at radius 3 is 3.00 bits per heavy atom. The molecule has 3 aliphatic rings. The molecule has 7 nitrogen and oxygen atoms in total. The number of nitrogens with one attached hydrogen (secondary N) is 1. The van der Waals surface area contributed by atoms with E-state index in [1.165, 1.54) is 37.8 Å². The van der Waals surface area contributed by atoms with Crippen LogP contribution in [0.25, 0.3) is 0 Å². The molecule has 5 rings (SSSR count). The van der Waals surface area contributed by atoms with Crippen LogP contribution in [0.15, 0.2) is 35.1 Å². The fraction of sp³-hybridized carbons (Fsp3) is 0.609. The molecule has 3 saturated heterocycles. The number of amides is 1. The number of nitrogens with zero attached hydrogens (tertiary/aromatic N) is 4. The van der Waals surface area contributed by atoms with E-state index in [-0.39, 0.29) is 5.91 Å². The van der Waals surface area contributed by atoms with Gasteiger partial charge in [-0.05, 0) is 56.2 Å². The minimum atomic E-state index is -0.158. The molecule has 30 heavy (non-hydrogen) atoms. The van der Waals surface area contributed by atoms with E-state index >= 15 is 0 Å². The van der Waals surface area contributed by atoms with Crippen LogP contribution in [0.3, 0.4) is 0 Å². The number of piperidine rings is 3. The molecule has 1 amide bonds. The van der Waals surface area contributed by atoms with Crippen LogP contribution in [-0.2, 0) is 6.54 Å². The number of carbonyl (C=O) groups is 1. The largest absolute Gasteiger partial charge is 0.351 e. The third kappa shape index (κ3) is 4.01. The smallest absolute Gasteiger partial charge is 0.289 e. The molecule has 2 aromatic rings. The second kappa shape index (κ2) is 8.47. The predicted molar refractivity (Wildman–Crippen MR) is 113 cm³/mol. The third-order valence-corrected chi connectivity index (χ3v) is 7.15. The quantitative estimate of drug-likeness (QED) is 0.818. The van der Waals surface area contributed by atoms with E-state index in [0.29, 0.717) is 30.3 Å². The standard InChI is InChI=1S/C23H31N5O2/c1-16-9-22(30-26-16)23(29)25-12-21-19-10-18(20-6-2-3-8-28(20)21)14-27(15-19)13-17-5-4-7-24-11-17/h4-5,7,9,11,18-21H,2-3,6,8,10,12-15H2,1H3,(H,25,29)/t18-,19+,20+,21+/m1/s1. The van der Waals surface area contributed by atoms with Crippen LogP contribution in [0, 0.1) is 18.8 Å². The monoisotopic (exact) mass is 409 g/mol. The average molecular weight is 410 g/mol. The molecule has 4 atom stereocenters. The summed E-state index contributed by atoms with van der Waals surface area (Å²) in [5, 5.41) is 6.98. The van der Waals surface area contributed by atoms with Gasteiger partial charge in [-0.3, -0.25) is 19.6 Å². The van der Waals surface area contributed by atoms with Crippen molar-refractivity contribution in [2.75, 3.05) is 26.2 Å². The maximum Gasteiger partial charge on any atom is 0.289 e. The lowest BCUT2D eigenvalue weighted by Crippen LogP contribution is -2.65. The molecule has 2 aromatic heterocycles. The lowest BCUT2D eigenvalue weighted by atomic mass is 9.72. The Bertz CT molecular complexity index is 869. The Labute approximate surface area is 177 Å². The van der Waals surface area contributed by atoms with Gasteiger partial charge in [0.05, 0.1) is 5.69 Å². The van der Waals surface area contributed by atoms with Crippen molar-refractivity contribution in [1.82, 2.24) is 25.3 Å². The van der Waals surface area contributed by atoms with Crippen molar-refractivity contribution in [2.45, 2.75) is 51.2 Å². The maximum absolute atomic E-state index is 12.6. The second-order valence-corrected chi connectivity index (χ2v) is 9.22. The Balaban J connectivity index is 1.30. The maximum atomic E-state index is 12.6. The number of rotatable bonds is 5. The van der Waals surface area contributed by atoms with Gasteiger partial charge in [-0.15, -0.1) is 0 Å². The number of likely N-dealkylation sites (tertiary alicyclic amines) is 1. The number of fused-ring (bicyclic) bond motifs is 4. The Hall–Kier alpha value is -2.25. The highest BCUT2D eigenvalue weighted by Crippen LogP contribution is 2.41. The first-order valence-corrected chi connectivity index (χ1v) is 11.3. The summed E-state index contributed by atoms with van der Waals surface area (Å²) in [7, 11) is 0. The highest BCUT2D eigenvalue weighted by molar-refractivity contribution is 5.91. The summed E-state index contributed by atoms with van der Waals surface area (Å²) in [6, 6.07) is 6.91. The Kier molecular flexibility index (Phi) is 5.56. The molecule has 0 spiro atoms. The van der Waals surface area contributed by atoms with Crippen LogP contribution in [0.2, 0.25) is 0 Å². The van der Waals surface area contributed by atoms with E-state index < -0.39 is 0 Å². The average Bonchev–Trinajstić information content (AvgIpc) is 3.21. The van der Waals surface area contributed by atoms with Gasteiger partial charge in [-0.2, -0.15) is 0 Å².